The fraction of sp³-hybridized carbons (Fsp3) is 0.958. The minimum absolute atomic E-state index is 0.0772. The zero-order chi connectivity index (χ0) is 20.8. The summed E-state index contributed by atoms with van der Waals surface area (Å²) in [6.45, 7) is 12.1. The lowest BCUT2D eigenvalue weighted by Crippen LogP contribution is -2.47. The van der Waals surface area contributed by atoms with E-state index in [4.69, 9.17) is 9.47 Å². The van der Waals surface area contributed by atoms with E-state index in [0.29, 0.717) is 34.6 Å². The SMILES string of the molecule is CCCCCCCCOC(=O)C[N+](C)(C)CCOC1CC2CCC1(C)C2(C)C. The first kappa shape index (κ1) is 23.7. The van der Waals surface area contributed by atoms with Crippen molar-refractivity contribution in [1.82, 2.24) is 0 Å². The summed E-state index contributed by atoms with van der Waals surface area (Å²) in [4.78, 5) is 12.2. The first-order chi connectivity index (χ1) is 13.1. The van der Waals surface area contributed by atoms with Gasteiger partial charge in [0.15, 0.2) is 6.54 Å². The molecule has 2 fully saturated rings. The van der Waals surface area contributed by atoms with Crippen LogP contribution in [0.4, 0.5) is 0 Å². The zero-order valence-electron chi connectivity index (χ0n) is 19.5. The van der Waals surface area contributed by atoms with Crippen molar-refractivity contribution in [2.45, 2.75) is 91.6 Å². The Bertz CT molecular complexity index is 502. The molecule has 3 atom stereocenters. The second-order valence-electron chi connectivity index (χ2n) is 10.8. The van der Waals surface area contributed by atoms with E-state index in [1.165, 1.54) is 44.9 Å². The molecule has 28 heavy (non-hydrogen) atoms. The molecule has 4 nitrogen and oxygen atoms in total. The number of carbonyl (C=O) groups excluding carboxylic acids is 1. The molecule has 0 aromatic rings. The van der Waals surface area contributed by atoms with Crippen LogP contribution in [0.5, 0.6) is 0 Å². The summed E-state index contributed by atoms with van der Waals surface area (Å²) in [5.74, 6) is 0.730. The van der Waals surface area contributed by atoms with E-state index in [-0.39, 0.29) is 5.97 Å². The fourth-order valence-electron chi connectivity index (χ4n) is 5.37. The van der Waals surface area contributed by atoms with Gasteiger partial charge in [0.05, 0.1) is 33.4 Å². The van der Waals surface area contributed by atoms with Crippen LogP contribution in [0.3, 0.4) is 0 Å². The molecule has 2 bridgehead atoms. The molecule has 4 heteroatoms. The van der Waals surface area contributed by atoms with Gasteiger partial charge in [0.1, 0.15) is 6.54 Å². The van der Waals surface area contributed by atoms with Gasteiger partial charge < -0.3 is 14.0 Å². The first-order valence-corrected chi connectivity index (χ1v) is 11.7. The molecule has 0 radical (unpaired) electrons. The predicted molar refractivity (Wildman–Crippen MR) is 115 cm³/mol. The summed E-state index contributed by atoms with van der Waals surface area (Å²) in [5.41, 5.74) is 0.702. The van der Waals surface area contributed by atoms with Crippen molar-refractivity contribution >= 4 is 5.97 Å². The summed E-state index contributed by atoms with van der Waals surface area (Å²) in [5, 5.41) is 0. The molecule has 0 amide bonds. The molecule has 0 aromatic carbocycles. The Morgan fingerprint density at radius 2 is 1.71 bits per heavy atom. The maximum Gasteiger partial charge on any atom is 0.361 e. The van der Waals surface area contributed by atoms with E-state index in [2.05, 4.69) is 41.8 Å². The molecule has 2 saturated carbocycles. The number of rotatable bonds is 13. The quantitative estimate of drug-likeness (QED) is 0.244. The smallest absolute Gasteiger partial charge is 0.361 e. The molecule has 2 aliphatic carbocycles. The van der Waals surface area contributed by atoms with Crippen molar-refractivity contribution in [3.8, 4) is 0 Å². The van der Waals surface area contributed by atoms with Gasteiger partial charge in [-0.3, -0.25) is 0 Å². The number of unbranched alkanes of at least 4 members (excludes halogenated alkanes) is 5. The maximum atomic E-state index is 12.2. The maximum absolute atomic E-state index is 12.2. The molecule has 0 aromatic heterocycles. The Labute approximate surface area is 173 Å². The molecule has 0 N–H and O–H groups in total. The van der Waals surface area contributed by atoms with Crippen LogP contribution in [0.2, 0.25) is 0 Å². The lowest BCUT2D eigenvalue weighted by molar-refractivity contribution is -0.883. The van der Waals surface area contributed by atoms with E-state index >= 15 is 0 Å². The molecule has 0 heterocycles. The van der Waals surface area contributed by atoms with Crippen molar-refractivity contribution in [2.75, 3.05) is 40.4 Å². The molecule has 3 unspecified atom stereocenters. The number of likely N-dealkylation sites (N-methyl/N-ethyl adjacent to an activating group) is 1. The van der Waals surface area contributed by atoms with Crippen LogP contribution in [-0.2, 0) is 14.3 Å². The number of carbonyl (C=O) groups is 1. The van der Waals surface area contributed by atoms with Crippen molar-refractivity contribution in [3.05, 3.63) is 0 Å². The van der Waals surface area contributed by atoms with Gasteiger partial charge in [-0.1, -0.05) is 59.8 Å². The van der Waals surface area contributed by atoms with Crippen LogP contribution in [0.1, 0.15) is 85.5 Å². The topological polar surface area (TPSA) is 35.5 Å². The van der Waals surface area contributed by atoms with Crippen molar-refractivity contribution < 1.29 is 18.8 Å². The van der Waals surface area contributed by atoms with E-state index < -0.39 is 0 Å². The molecular weight excluding hydrogens is 350 g/mol. The monoisotopic (exact) mass is 396 g/mol. The van der Waals surface area contributed by atoms with Gasteiger partial charge in [0.25, 0.3) is 0 Å². The first-order valence-electron chi connectivity index (χ1n) is 11.7. The van der Waals surface area contributed by atoms with Crippen LogP contribution >= 0.6 is 0 Å². The Hall–Kier alpha value is -0.610. The summed E-state index contributed by atoms with van der Waals surface area (Å²) in [6, 6.07) is 0. The third-order valence-corrected chi connectivity index (χ3v) is 8.05. The zero-order valence-corrected chi connectivity index (χ0v) is 19.5. The Balaban J connectivity index is 1.61. The third-order valence-electron chi connectivity index (χ3n) is 8.05. The summed E-state index contributed by atoms with van der Waals surface area (Å²) < 4.78 is 12.5. The van der Waals surface area contributed by atoms with Crippen LogP contribution in [0, 0.1) is 16.7 Å². The van der Waals surface area contributed by atoms with Gasteiger partial charge in [-0.25, -0.2) is 4.79 Å². The lowest BCUT2D eigenvalue weighted by atomic mass is 9.70. The average molecular weight is 397 g/mol. The summed E-state index contributed by atoms with van der Waals surface area (Å²) in [7, 11) is 4.20. The van der Waals surface area contributed by atoms with E-state index in [1.807, 2.05) is 0 Å². The molecule has 2 rings (SSSR count). The van der Waals surface area contributed by atoms with Gasteiger partial charge >= 0.3 is 5.97 Å². The number of nitrogens with zero attached hydrogens (tertiary/aromatic N) is 1. The third kappa shape index (κ3) is 5.72. The molecule has 0 aliphatic heterocycles. The predicted octanol–water partition coefficient (Wildman–Crippen LogP) is 5.20. The van der Waals surface area contributed by atoms with Crippen molar-refractivity contribution in [1.29, 1.82) is 0 Å². The number of esters is 1. The highest BCUT2D eigenvalue weighted by Crippen LogP contribution is 2.66. The molecular formula is C24H46NO3+. The summed E-state index contributed by atoms with van der Waals surface area (Å²) in [6.07, 6.45) is 11.5. The van der Waals surface area contributed by atoms with Gasteiger partial charge in [0, 0.05) is 0 Å². The standard InChI is InChI=1S/C24H46NO3/c1-7-8-9-10-11-12-16-28-22(26)19-25(5,6)15-17-27-21-18-20-13-14-24(21,4)23(20,2)3/h20-21H,7-19H2,1-6H3/q+1. The van der Waals surface area contributed by atoms with E-state index in [0.717, 1.165) is 31.9 Å². The minimum atomic E-state index is -0.0772. The van der Waals surface area contributed by atoms with Crippen LogP contribution in [0.25, 0.3) is 0 Å². The number of hydrogen-bond acceptors (Lipinski definition) is 3. The highest BCUT2D eigenvalue weighted by Gasteiger charge is 2.61. The average Bonchev–Trinajstić information content (AvgIpc) is 2.94. The van der Waals surface area contributed by atoms with Gasteiger partial charge in [-0.05, 0) is 42.4 Å². The fourth-order valence-corrected chi connectivity index (χ4v) is 5.37. The van der Waals surface area contributed by atoms with Crippen LogP contribution in [-0.4, -0.2) is 57.0 Å². The number of hydrogen-bond donors (Lipinski definition) is 0. The van der Waals surface area contributed by atoms with Gasteiger partial charge in [0.2, 0.25) is 0 Å². The van der Waals surface area contributed by atoms with Crippen LogP contribution < -0.4 is 0 Å². The van der Waals surface area contributed by atoms with Crippen molar-refractivity contribution in [2.24, 2.45) is 16.7 Å². The largest absolute Gasteiger partial charge is 0.462 e. The second-order valence-corrected chi connectivity index (χ2v) is 10.8. The highest BCUT2D eigenvalue weighted by atomic mass is 16.5. The molecule has 2 aliphatic rings. The highest BCUT2D eigenvalue weighted by molar-refractivity contribution is 5.70. The lowest BCUT2D eigenvalue weighted by Gasteiger charge is -2.39. The molecule has 0 saturated heterocycles. The second kappa shape index (κ2) is 9.93. The number of quaternary nitrogens is 1. The number of fused-ring (bicyclic) bond motifs is 2. The van der Waals surface area contributed by atoms with Gasteiger partial charge in [-0.15, -0.1) is 0 Å². The van der Waals surface area contributed by atoms with E-state index in [1.54, 1.807) is 0 Å². The number of ether oxygens (including phenoxy) is 2. The van der Waals surface area contributed by atoms with E-state index in [9.17, 15) is 4.79 Å². The molecule has 0 spiro atoms. The minimum Gasteiger partial charge on any atom is -0.462 e. The summed E-state index contributed by atoms with van der Waals surface area (Å²) >= 11 is 0. The van der Waals surface area contributed by atoms with Gasteiger partial charge in [-0.2, -0.15) is 0 Å². The Morgan fingerprint density at radius 3 is 2.32 bits per heavy atom. The normalized spacial score (nSPS) is 28.6. The van der Waals surface area contributed by atoms with Crippen molar-refractivity contribution in [3.63, 3.8) is 0 Å². The Morgan fingerprint density at radius 1 is 1.04 bits per heavy atom. The van der Waals surface area contributed by atoms with Crippen LogP contribution in [0.15, 0.2) is 0 Å². The Kier molecular flexibility index (Phi) is 8.39. The molecule has 164 valence electrons.